The summed E-state index contributed by atoms with van der Waals surface area (Å²) in [6, 6.07) is 7.36. The average molecular weight is 331 g/mol. The number of nitrogens with zero attached hydrogens (tertiary/aromatic N) is 2. The molecule has 0 saturated carbocycles. The fourth-order valence-corrected chi connectivity index (χ4v) is 1.71. The minimum absolute atomic E-state index is 0.104. The van der Waals surface area contributed by atoms with Crippen LogP contribution in [0.3, 0.4) is 0 Å². The van der Waals surface area contributed by atoms with Gasteiger partial charge < -0.3 is 9.57 Å². The second-order valence-corrected chi connectivity index (χ2v) is 4.50. The molecule has 0 aliphatic carbocycles. The van der Waals surface area contributed by atoms with E-state index < -0.39 is 11.7 Å². The summed E-state index contributed by atoms with van der Waals surface area (Å²) >= 11 is 5.76. The molecule has 0 saturated heterocycles. The zero-order valence-corrected chi connectivity index (χ0v) is 12.0. The van der Waals surface area contributed by atoms with Gasteiger partial charge in [-0.1, -0.05) is 16.8 Å². The second-order valence-electron chi connectivity index (χ2n) is 4.10. The quantitative estimate of drug-likeness (QED) is 0.611. The van der Waals surface area contributed by atoms with Crippen LogP contribution in [0.4, 0.5) is 13.2 Å². The number of oxime groups is 1. The number of rotatable bonds is 4. The largest absolute Gasteiger partial charge is 0.438 e. The van der Waals surface area contributed by atoms with Crippen LogP contribution in [0.1, 0.15) is 11.1 Å². The third-order valence-electron chi connectivity index (χ3n) is 2.54. The lowest BCUT2D eigenvalue weighted by molar-refractivity contribution is -0.137. The standard InChI is InChI=1S/C14H10ClF3N2O2/c1-21-20-7-9-2-4-11(5-3-9)22-13-12(15)6-10(8-19-13)14(16,17)18/h2-8H,1H3/b20-7+. The molecule has 4 nitrogen and oxygen atoms in total. The van der Waals surface area contributed by atoms with Gasteiger partial charge in [0.1, 0.15) is 17.9 Å². The van der Waals surface area contributed by atoms with Crippen molar-refractivity contribution in [2.24, 2.45) is 5.16 Å². The summed E-state index contributed by atoms with van der Waals surface area (Å²) in [5.74, 6) is 0.275. The van der Waals surface area contributed by atoms with Gasteiger partial charge in [0, 0.05) is 6.20 Å². The summed E-state index contributed by atoms with van der Waals surface area (Å²) in [6.45, 7) is 0. The number of hydrogen-bond acceptors (Lipinski definition) is 4. The van der Waals surface area contributed by atoms with Gasteiger partial charge in [0.15, 0.2) is 0 Å². The third kappa shape index (κ3) is 4.11. The Kier molecular flexibility index (Phi) is 4.87. The van der Waals surface area contributed by atoms with Crippen LogP contribution in [0.25, 0.3) is 0 Å². The lowest BCUT2D eigenvalue weighted by Gasteiger charge is -2.10. The number of hydrogen-bond donors (Lipinski definition) is 0. The van der Waals surface area contributed by atoms with Crippen LogP contribution in [0.5, 0.6) is 11.6 Å². The van der Waals surface area contributed by atoms with Crippen LogP contribution in [0.15, 0.2) is 41.7 Å². The SMILES string of the molecule is CO/N=C/c1ccc(Oc2ncc(C(F)(F)F)cc2Cl)cc1. The summed E-state index contributed by atoms with van der Waals surface area (Å²) in [5, 5.41) is 3.37. The first-order chi connectivity index (χ1) is 10.4. The molecule has 116 valence electrons. The highest BCUT2D eigenvalue weighted by Gasteiger charge is 2.31. The topological polar surface area (TPSA) is 43.7 Å². The summed E-state index contributed by atoms with van der Waals surface area (Å²) in [5.41, 5.74) is -0.170. The highest BCUT2D eigenvalue weighted by atomic mass is 35.5. The summed E-state index contributed by atoms with van der Waals surface area (Å²) < 4.78 is 42.9. The van der Waals surface area contributed by atoms with Crippen LogP contribution in [0, 0.1) is 0 Å². The molecule has 2 aromatic rings. The maximum atomic E-state index is 12.5. The number of halogens is 4. The molecule has 0 aliphatic rings. The summed E-state index contributed by atoms with van der Waals surface area (Å²) in [7, 11) is 1.42. The summed E-state index contributed by atoms with van der Waals surface area (Å²) in [6.07, 6.45) is -2.34. The van der Waals surface area contributed by atoms with Gasteiger partial charge in [-0.25, -0.2) is 4.98 Å². The van der Waals surface area contributed by atoms with Gasteiger partial charge in [0.2, 0.25) is 5.88 Å². The molecule has 0 atom stereocenters. The first kappa shape index (κ1) is 16.1. The van der Waals surface area contributed by atoms with Crippen molar-refractivity contribution in [1.29, 1.82) is 0 Å². The lowest BCUT2D eigenvalue weighted by atomic mass is 10.2. The Bertz CT molecular complexity index is 673. The van der Waals surface area contributed by atoms with Gasteiger partial charge in [-0.15, -0.1) is 0 Å². The van der Waals surface area contributed by atoms with E-state index in [1.165, 1.54) is 13.3 Å². The molecule has 0 amide bonds. The molecule has 0 spiro atoms. The fourth-order valence-electron chi connectivity index (χ4n) is 1.50. The van der Waals surface area contributed by atoms with Crippen molar-refractivity contribution in [2.45, 2.75) is 6.18 Å². The predicted octanol–water partition coefficient (Wildman–Crippen LogP) is 4.53. The Morgan fingerprint density at radius 1 is 1.23 bits per heavy atom. The Labute approximate surface area is 129 Å². The Hall–Kier alpha value is -2.28. The van der Waals surface area contributed by atoms with Crippen molar-refractivity contribution in [3.63, 3.8) is 0 Å². The van der Waals surface area contributed by atoms with Crippen molar-refractivity contribution in [3.8, 4) is 11.6 Å². The van der Waals surface area contributed by atoms with E-state index in [1.807, 2.05) is 0 Å². The Balaban J connectivity index is 2.15. The molecular formula is C14H10ClF3N2O2. The van der Waals surface area contributed by atoms with Crippen LogP contribution in [0.2, 0.25) is 5.02 Å². The molecule has 0 unspecified atom stereocenters. The second kappa shape index (κ2) is 6.65. The van der Waals surface area contributed by atoms with Crippen LogP contribution in [-0.4, -0.2) is 18.3 Å². The molecule has 1 aromatic heterocycles. The van der Waals surface area contributed by atoms with E-state index in [1.54, 1.807) is 24.3 Å². The van der Waals surface area contributed by atoms with Crippen molar-refractivity contribution in [1.82, 2.24) is 4.98 Å². The zero-order valence-electron chi connectivity index (χ0n) is 11.3. The minimum atomic E-state index is -4.50. The molecule has 0 fully saturated rings. The number of alkyl halides is 3. The van der Waals surface area contributed by atoms with Crippen LogP contribution >= 0.6 is 11.6 Å². The fraction of sp³-hybridized carbons (Fsp3) is 0.143. The van der Waals surface area contributed by atoms with E-state index >= 15 is 0 Å². The zero-order chi connectivity index (χ0) is 16.2. The first-order valence-electron chi connectivity index (χ1n) is 5.97. The number of benzene rings is 1. The van der Waals surface area contributed by atoms with Crippen molar-refractivity contribution >= 4 is 17.8 Å². The Morgan fingerprint density at radius 2 is 1.91 bits per heavy atom. The number of pyridine rings is 1. The third-order valence-corrected chi connectivity index (χ3v) is 2.81. The molecule has 1 heterocycles. The maximum Gasteiger partial charge on any atom is 0.417 e. The van der Waals surface area contributed by atoms with E-state index in [-0.39, 0.29) is 10.9 Å². The molecule has 0 radical (unpaired) electrons. The minimum Gasteiger partial charge on any atom is -0.438 e. The van der Waals surface area contributed by atoms with Gasteiger partial charge in [0.05, 0.1) is 11.8 Å². The van der Waals surface area contributed by atoms with E-state index in [0.717, 1.165) is 11.6 Å². The van der Waals surface area contributed by atoms with Gasteiger partial charge in [-0.3, -0.25) is 0 Å². The molecule has 0 aliphatic heterocycles. The van der Waals surface area contributed by atoms with Crippen molar-refractivity contribution < 1.29 is 22.7 Å². The number of aromatic nitrogens is 1. The van der Waals surface area contributed by atoms with Gasteiger partial charge in [-0.05, 0) is 35.9 Å². The molecule has 0 bridgehead atoms. The predicted molar refractivity (Wildman–Crippen MR) is 75.4 cm³/mol. The highest BCUT2D eigenvalue weighted by molar-refractivity contribution is 6.31. The molecule has 0 N–H and O–H groups in total. The van der Waals surface area contributed by atoms with E-state index in [0.29, 0.717) is 11.9 Å². The van der Waals surface area contributed by atoms with Gasteiger partial charge >= 0.3 is 6.18 Å². The van der Waals surface area contributed by atoms with Crippen LogP contribution in [-0.2, 0) is 11.0 Å². The van der Waals surface area contributed by atoms with Crippen molar-refractivity contribution in [2.75, 3.05) is 7.11 Å². The smallest absolute Gasteiger partial charge is 0.417 e. The first-order valence-corrected chi connectivity index (χ1v) is 6.35. The molecule has 8 heteroatoms. The van der Waals surface area contributed by atoms with E-state index in [2.05, 4.69) is 15.0 Å². The van der Waals surface area contributed by atoms with Gasteiger partial charge in [0.25, 0.3) is 0 Å². The molecule has 2 rings (SSSR count). The van der Waals surface area contributed by atoms with E-state index in [9.17, 15) is 13.2 Å². The molecule has 1 aromatic carbocycles. The highest BCUT2D eigenvalue weighted by Crippen LogP contribution is 2.34. The molecular weight excluding hydrogens is 321 g/mol. The average Bonchev–Trinajstić information content (AvgIpc) is 2.47. The summed E-state index contributed by atoms with van der Waals surface area (Å²) in [4.78, 5) is 8.14. The normalized spacial score (nSPS) is 11.7. The maximum absolute atomic E-state index is 12.5. The molecule has 22 heavy (non-hydrogen) atoms. The van der Waals surface area contributed by atoms with Crippen molar-refractivity contribution in [3.05, 3.63) is 52.7 Å². The number of ether oxygens (including phenoxy) is 1. The Morgan fingerprint density at radius 3 is 2.45 bits per heavy atom. The van der Waals surface area contributed by atoms with Gasteiger partial charge in [-0.2, -0.15) is 13.2 Å². The monoisotopic (exact) mass is 330 g/mol. The van der Waals surface area contributed by atoms with Crippen LogP contribution < -0.4 is 4.74 Å². The van der Waals surface area contributed by atoms with E-state index in [4.69, 9.17) is 16.3 Å². The lowest BCUT2D eigenvalue weighted by Crippen LogP contribution is -2.05.